The minimum Gasteiger partial charge on any atom is -0.333 e. The molecule has 2 amide bonds. The van der Waals surface area contributed by atoms with Crippen molar-refractivity contribution in [3.8, 4) is 0 Å². The van der Waals surface area contributed by atoms with E-state index in [1.54, 1.807) is 17.2 Å². The molecule has 3 fully saturated rings. The van der Waals surface area contributed by atoms with Crippen molar-refractivity contribution >= 4 is 34.2 Å². The maximum absolute atomic E-state index is 13.3. The van der Waals surface area contributed by atoms with Gasteiger partial charge in [0.2, 0.25) is 15.9 Å². The minimum absolute atomic E-state index is 0. The first kappa shape index (κ1) is 25.9. The van der Waals surface area contributed by atoms with Crippen LogP contribution in [0, 0.1) is 11.8 Å². The largest absolute Gasteiger partial charge is 0.333 e. The quantitative estimate of drug-likeness (QED) is 0.594. The third kappa shape index (κ3) is 5.03. The van der Waals surface area contributed by atoms with Crippen LogP contribution in [-0.2, 0) is 21.4 Å². The van der Waals surface area contributed by atoms with Crippen LogP contribution in [0.25, 0.3) is 0 Å². The van der Waals surface area contributed by atoms with E-state index >= 15 is 0 Å². The molecular formula is C22H34ClN5O4S. The van der Waals surface area contributed by atoms with Crippen LogP contribution in [0.1, 0.15) is 36.3 Å². The fourth-order valence-electron chi connectivity index (χ4n) is 5.32. The molecule has 0 saturated carbocycles. The molecule has 3 aliphatic heterocycles. The van der Waals surface area contributed by atoms with Crippen molar-refractivity contribution in [1.82, 2.24) is 24.0 Å². The SMILES string of the molecule is CC(C)[C@H]1C(=O)N(S(C)(=O)=O)[C@H]2CCN(C(=O)c3ccc(CN4CCN(C)CC4)nc3)[C@H]12.Cl. The number of fused-ring (bicyclic) bond motifs is 1. The standard InChI is InChI=1S/C22H33N5O4S.ClH/c1-15(2)19-20-18(27(22(19)29)32(4,30)31)7-8-26(20)21(28)16-5-6-17(23-13-16)14-25-11-9-24(3)10-12-25;/h5-6,13,15,18-20H,7-12,14H2,1-4H3;1H/t18-,19+,20-;/m0./s1. The number of amides is 2. The van der Waals surface area contributed by atoms with Crippen LogP contribution in [0.3, 0.4) is 0 Å². The molecule has 3 aliphatic rings. The predicted octanol–water partition coefficient (Wildman–Crippen LogP) is 0.908. The lowest BCUT2D eigenvalue weighted by molar-refractivity contribution is -0.129. The number of sulfonamides is 1. The molecule has 33 heavy (non-hydrogen) atoms. The zero-order valence-corrected chi connectivity index (χ0v) is 21.3. The summed E-state index contributed by atoms with van der Waals surface area (Å²) in [5.74, 6) is -1.18. The van der Waals surface area contributed by atoms with Gasteiger partial charge in [-0.25, -0.2) is 12.7 Å². The van der Waals surface area contributed by atoms with Crippen LogP contribution in [0.5, 0.6) is 0 Å². The Balaban J connectivity index is 0.00000306. The van der Waals surface area contributed by atoms with E-state index in [1.807, 2.05) is 19.9 Å². The van der Waals surface area contributed by atoms with Crippen LogP contribution >= 0.6 is 12.4 Å². The molecule has 1 aromatic rings. The van der Waals surface area contributed by atoms with Crippen molar-refractivity contribution in [2.45, 2.75) is 38.9 Å². The lowest BCUT2D eigenvalue weighted by Crippen LogP contribution is -2.44. The van der Waals surface area contributed by atoms with Crippen molar-refractivity contribution in [3.63, 3.8) is 0 Å². The van der Waals surface area contributed by atoms with E-state index in [9.17, 15) is 18.0 Å². The van der Waals surface area contributed by atoms with E-state index in [4.69, 9.17) is 0 Å². The number of nitrogens with zero attached hydrogens (tertiary/aromatic N) is 5. The first-order valence-electron chi connectivity index (χ1n) is 11.3. The Morgan fingerprint density at radius 3 is 2.36 bits per heavy atom. The molecule has 4 rings (SSSR count). The Hall–Kier alpha value is -1.75. The van der Waals surface area contributed by atoms with E-state index in [-0.39, 0.29) is 24.2 Å². The van der Waals surface area contributed by atoms with Crippen molar-refractivity contribution in [1.29, 1.82) is 0 Å². The molecule has 0 aliphatic carbocycles. The van der Waals surface area contributed by atoms with Gasteiger partial charge < -0.3 is 9.80 Å². The van der Waals surface area contributed by atoms with Gasteiger partial charge in [0.15, 0.2) is 0 Å². The highest BCUT2D eigenvalue weighted by atomic mass is 35.5. The summed E-state index contributed by atoms with van der Waals surface area (Å²) in [6, 6.07) is 2.76. The molecule has 0 unspecified atom stereocenters. The maximum Gasteiger partial charge on any atom is 0.255 e. The summed E-state index contributed by atoms with van der Waals surface area (Å²) in [6.45, 7) is 9.06. The molecule has 3 saturated heterocycles. The Bertz CT molecular complexity index is 979. The number of hydrogen-bond acceptors (Lipinski definition) is 7. The summed E-state index contributed by atoms with van der Waals surface area (Å²) in [4.78, 5) is 37.2. The summed E-state index contributed by atoms with van der Waals surface area (Å²) < 4.78 is 25.6. The monoisotopic (exact) mass is 499 g/mol. The normalized spacial score (nSPS) is 26.6. The van der Waals surface area contributed by atoms with Gasteiger partial charge in [0.05, 0.1) is 35.5 Å². The summed E-state index contributed by atoms with van der Waals surface area (Å²) in [5, 5.41) is 0. The summed E-state index contributed by atoms with van der Waals surface area (Å²) >= 11 is 0. The molecule has 11 heteroatoms. The number of likely N-dealkylation sites (tertiary alicyclic amines) is 1. The second-order valence-corrected chi connectivity index (χ2v) is 11.5. The van der Waals surface area contributed by atoms with Gasteiger partial charge in [-0.2, -0.15) is 0 Å². The van der Waals surface area contributed by atoms with Crippen LogP contribution in [0.15, 0.2) is 18.3 Å². The molecule has 3 atom stereocenters. The Kier molecular flexibility index (Phi) is 7.72. The molecule has 0 aromatic carbocycles. The Morgan fingerprint density at radius 2 is 1.82 bits per heavy atom. The number of halogens is 1. The third-order valence-corrected chi connectivity index (χ3v) is 8.15. The van der Waals surface area contributed by atoms with Gasteiger partial charge in [0.25, 0.3) is 5.91 Å². The minimum atomic E-state index is -3.68. The fourth-order valence-corrected chi connectivity index (χ4v) is 6.49. The molecule has 4 heterocycles. The summed E-state index contributed by atoms with van der Waals surface area (Å²) in [5.41, 5.74) is 1.39. The number of aromatic nitrogens is 1. The first-order chi connectivity index (χ1) is 15.1. The zero-order valence-electron chi connectivity index (χ0n) is 19.7. The van der Waals surface area contributed by atoms with Crippen LogP contribution in [0.4, 0.5) is 0 Å². The molecular weight excluding hydrogens is 466 g/mol. The van der Waals surface area contributed by atoms with Crippen LogP contribution < -0.4 is 0 Å². The van der Waals surface area contributed by atoms with Gasteiger partial charge >= 0.3 is 0 Å². The molecule has 0 spiro atoms. The van der Waals surface area contributed by atoms with Gasteiger partial charge in [-0.05, 0) is 31.5 Å². The molecule has 0 bridgehead atoms. The average Bonchev–Trinajstić information content (AvgIpc) is 3.25. The highest BCUT2D eigenvalue weighted by molar-refractivity contribution is 7.88. The van der Waals surface area contributed by atoms with E-state index < -0.39 is 33.9 Å². The Morgan fingerprint density at radius 1 is 1.15 bits per heavy atom. The van der Waals surface area contributed by atoms with Crippen molar-refractivity contribution < 1.29 is 18.0 Å². The number of carbonyl (C=O) groups excluding carboxylic acids is 2. The highest BCUT2D eigenvalue weighted by Crippen LogP contribution is 2.41. The van der Waals surface area contributed by atoms with E-state index in [2.05, 4.69) is 21.8 Å². The lowest BCUT2D eigenvalue weighted by Gasteiger charge is -2.32. The second-order valence-electron chi connectivity index (χ2n) is 9.63. The van der Waals surface area contributed by atoms with Crippen molar-refractivity contribution in [2.75, 3.05) is 46.0 Å². The van der Waals surface area contributed by atoms with Gasteiger partial charge in [-0.3, -0.25) is 19.5 Å². The fraction of sp³-hybridized carbons (Fsp3) is 0.682. The molecule has 184 valence electrons. The van der Waals surface area contributed by atoms with Crippen LogP contribution in [-0.4, -0.2) is 102 Å². The van der Waals surface area contributed by atoms with Gasteiger partial charge in [0.1, 0.15) is 0 Å². The number of likely N-dealkylation sites (N-methyl/N-ethyl adjacent to an activating group) is 1. The van der Waals surface area contributed by atoms with Gasteiger partial charge in [0, 0.05) is 45.5 Å². The van der Waals surface area contributed by atoms with Crippen molar-refractivity contribution in [3.05, 3.63) is 29.6 Å². The smallest absolute Gasteiger partial charge is 0.255 e. The Labute approximate surface area is 202 Å². The van der Waals surface area contributed by atoms with Gasteiger partial charge in [-0.1, -0.05) is 13.8 Å². The average molecular weight is 500 g/mol. The van der Waals surface area contributed by atoms with E-state index in [0.29, 0.717) is 18.5 Å². The van der Waals surface area contributed by atoms with Crippen molar-refractivity contribution in [2.24, 2.45) is 11.8 Å². The lowest BCUT2D eigenvalue weighted by atomic mass is 9.88. The molecule has 9 nitrogen and oxygen atoms in total. The number of piperazine rings is 1. The van der Waals surface area contributed by atoms with E-state index in [1.165, 1.54) is 0 Å². The molecule has 0 radical (unpaired) electrons. The van der Waals surface area contributed by atoms with E-state index in [0.717, 1.165) is 49.0 Å². The van der Waals surface area contributed by atoms with Crippen LogP contribution in [0.2, 0.25) is 0 Å². The second kappa shape index (κ2) is 9.85. The third-order valence-electron chi connectivity index (χ3n) is 6.98. The number of pyridine rings is 1. The molecule has 1 aromatic heterocycles. The summed E-state index contributed by atoms with van der Waals surface area (Å²) in [6.07, 6.45) is 3.14. The maximum atomic E-state index is 13.3. The summed E-state index contributed by atoms with van der Waals surface area (Å²) in [7, 11) is -1.56. The number of carbonyl (C=O) groups is 2. The highest BCUT2D eigenvalue weighted by Gasteiger charge is 2.58. The molecule has 0 N–H and O–H groups in total. The zero-order chi connectivity index (χ0) is 23.2. The van der Waals surface area contributed by atoms with Gasteiger partial charge in [-0.15, -0.1) is 12.4 Å². The topological polar surface area (TPSA) is 94.1 Å². The first-order valence-corrected chi connectivity index (χ1v) is 13.1. The number of hydrogen-bond donors (Lipinski definition) is 0. The predicted molar refractivity (Wildman–Crippen MR) is 128 cm³/mol. The number of rotatable bonds is 5.